The number of nitrogens with zero attached hydrogens (tertiary/aromatic N) is 4. The van der Waals surface area contributed by atoms with Crippen LogP contribution in [0.3, 0.4) is 0 Å². The molecule has 1 saturated heterocycles. The van der Waals surface area contributed by atoms with Crippen LogP contribution in [-0.2, 0) is 9.53 Å². The SMILES string of the molecule is C=C(C)C(=O)Nn1c(N)nc2c(ncn2[C@@H]2O[C@H](CO)[C@@H](O)[C@H]2O)c1=O. The molecule has 0 radical (unpaired) electrons. The van der Waals surface area contributed by atoms with E-state index in [4.69, 9.17) is 10.5 Å². The number of ether oxygens (including phenoxy) is 1. The maximum Gasteiger partial charge on any atom is 0.302 e. The first-order valence-electron chi connectivity index (χ1n) is 7.60. The van der Waals surface area contributed by atoms with E-state index in [1.165, 1.54) is 17.8 Å². The number of nitrogens with one attached hydrogen (secondary N) is 1. The molecule has 12 nitrogen and oxygen atoms in total. The highest BCUT2D eigenvalue weighted by atomic mass is 16.6. The quantitative estimate of drug-likeness (QED) is 0.364. The van der Waals surface area contributed by atoms with Gasteiger partial charge in [0.2, 0.25) is 5.95 Å². The van der Waals surface area contributed by atoms with Crippen LogP contribution < -0.4 is 16.7 Å². The van der Waals surface area contributed by atoms with Crippen molar-refractivity contribution in [3.8, 4) is 0 Å². The minimum atomic E-state index is -1.38. The monoisotopic (exact) mass is 366 g/mol. The van der Waals surface area contributed by atoms with Gasteiger partial charge < -0.3 is 25.8 Å². The van der Waals surface area contributed by atoms with Gasteiger partial charge in [0.05, 0.1) is 12.9 Å². The van der Waals surface area contributed by atoms with Gasteiger partial charge in [-0.3, -0.25) is 19.6 Å². The third kappa shape index (κ3) is 2.74. The van der Waals surface area contributed by atoms with Crippen molar-refractivity contribution in [1.29, 1.82) is 0 Å². The molecule has 0 bridgehead atoms. The molecule has 3 rings (SSSR count). The van der Waals surface area contributed by atoms with Gasteiger partial charge in [-0.15, -0.1) is 0 Å². The first-order chi connectivity index (χ1) is 12.3. The molecule has 140 valence electrons. The van der Waals surface area contributed by atoms with Crippen molar-refractivity contribution in [1.82, 2.24) is 19.2 Å². The number of anilines is 1. The number of amides is 1. The molecular weight excluding hydrogens is 348 g/mol. The number of fused-ring (bicyclic) bond motifs is 1. The third-order valence-electron chi connectivity index (χ3n) is 4.02. The highest BCUT2D eigenvalue weighted by Gasteiger charge is 2.44. The Morgan fingerprint density at radius 1 is 1.46 bits per heavy atom. The zero-order valence-electron chi connectivity index (χ0n) is 13.7. The van der Waals surface area contributed by atoms with E-state index in [0.29, 0.717) is 0 Å². The smallest absolute Gasteiger partial charge is 0.302 e. The summed E-state index contributed by atoms with van der Waals surface area (Å²) in [6.45, 7) is 4.42. The number of imidazole rings is 1. The molecule has 0 spiro atoms. The van der Waals surface area contributed by atoms with Gasteiger partial charge in [0, 0.05) is 5.57 Å². The van der Waals surface area contributed by atoms with E-state index < -0.39 is 42.6 Å². The Bertz CT molecular complexity index is 936. The van der Waals surface area contributed by atoms with Crippen LogP contribution in [0.4, 0.5) is 5.95 Å². The Labute approximate surface area is 146 Å². The molecule has 0 unspecified atom stereocenters. The van der Waals surface area contributed by atoms with Gasteiger partial charge in [-0.25, -0.2) is 4.98 Å². The number of rotatable bonds is 4. The summed E-state index contributed by atoms with van der Waals surface area (Å²) in [5, 5.41) is 29.2. The second-order valence-corrected chi connectivity index (χ2v) is 5.88. The zero-order valence-corrected chi connectivity index (χ0v) is 13.7. The normalized spacial score (nSPS) is 25.5. The van der Waals surface area contributed by atoms with E-state index in [0.717, 1.165) is 4.68 Å². The van der Waals surface area contributed by atoms with Crippen molar-refractivity contribution in [3.05, 3.63) is 28.8 Å². The zero-order chi connectivity index (χ0) is 19.2. The molecule has 1 fully saturated rings. The maximum absolute atomic E-state index is 12.5. The molecule has 1 aliphatic rings. The third-order valence-corrected chi connectivity index (χ3v) is 4.02. The Morgan fingerprint density at radius 2 is 2.15 bits per heavy atom. The fraction of sp³-hybridized carbons (Fsp3) is 0.429. The second-order valence-electron chi connectivity index (χ2n) is 5.88. The van der Waals surface area contributed by atoms with Crippen molar-refractivity contribution in [2.75, 3.05) is 17.8 Å². The average Bonchev–Trinajstić information content (AvgIpc) is 3.13. The number of aliphatic hydroxyl groups is 3. The largest absolute Gasteiger partial charge is 0.394 e. The second kappa shape index (κ2) is 6.49. The molecule has 0 aromatic carbocycles. The fourth-order valence-corrected chi connectivity index (χ4v) is 2.59. The number of nitrogens with two attached hydrogens (primary N) is 1. The average molecular weight is 366 g/mol. The predicted octanol–water partition coefficient (Wildman–Crippen LogP) is -2.57. The Balaban J connectivity index is 2.05. The lowest BCUT2D eigenvalue weighted by Crippen LogP contribution is -2.36. The van der Waals surface area contributed by atoms with Crippen LogP contribution in [-0.4, -0.2) is 65.4 Å². The Morgan fingerprint density at radius 3 is 2.73 bits per heavy atom. The number of carbonyl (C=O) groups excluding carboxylic acids is 1. The maximum atomic E-state index is 12.5. The molecule has 12 heteroatoms. The van der Waals surface area contributed by atoms with Crippen LogP contribution >= 0.6 is 0 Å². The molecule has 4 atom stereocenters. The highest BCUT2D eigenvalue weighted by Crippen LogP contribution is 2.30. The lowest BCUT2D eigenvalue weighted by Gasteiger charge is -2.17. The van der Waals surface area contributed by atoms with Crippen molar-refractivity contribution in [2.45, 2.75) is 31.5 Å². The van der Waals surface area contributed by atoms with Crippen LogP contribution in [0.25, 0.3) is 11.2 Å². The van der Waals surface area contributed by atoms with Crippen LogP contribution in [0.1, 0.15) is 13.2 Å². The molecule has 2 aromatic heterocycles. The Kier molecular flexibility index (Phi) is 4.50. The van der Waals surface area contributed by atoms with E-state index in [2.05, 4.69) is 22.0 Å². The summed E-state index contributed by atoms with van der Waals surface area (Å²) >= 11 is 0. The summed E-state index contributed by atoms with van der Waals surface area (Å²) < 4.78 is 7.35. The van der Waals surface area contributed by atoms with Gasteiger partial charge in [0.25, 0.3) is 5.91 Å². The van der Waals surface area contributed by atoms with E-state index in [1.807, 2.05) is 0 Å². The van der Waals surface area contributed by atoms with Gasteiger partial charge >= 0.3 is 5.56 Å². The van der Waals surface area contributed by atoms with Gasteiger partial charge in [-0.1, -0.05) is 6.58 Å². The number of carbonyl (C=O) groups is 1. The molecular formula is C14H18N6O6. The van der Waals surface area contributed by atoms with Gasteiger partial charge in [-0.2, -0.15) is 9.66 Å². The first kappa shape index (κ1) is 18.0. The van der Waals surface area contributed by atoms with E-state index in [1.54, 1.807) is 0 Å². The first-order valence-corrected chi connectivity index (χ1v) is 7.60. The van der Waals surface area contributed by atoms with Crippen molar-refractivity contribution in [2.24, 2.45) is 0 Å². The fourth-order valence-electron chi connectivity index (χ4n) is 2.59. The van der Waals surface area contributed by atoms with E-state index >= 15 is 0 Å². The van der Waals surface area contributed by atoms with Crippen molar-refractivity contribution in [3.63, 3.8) is 0 Å². The van der Waals surface area contributed by atoms with E-state index in [-0.39, 0.29) is 22.7 Å². The molecule has 0 saturated carbocycles. The highest BCUT2D eigenvalue weighted by molar-refractivity contribution is 5.98. The standard InChI is InChI=1S/C14H18N6O6/c1-5(2)11(24)18-20-12(25)7-10(17-14(20)15)19(4-16-7)13-9(23)8(22)6(3-21)26-13/h4,6,8-9,13,21-23H,1,3H2,2H3,(H2,15,17)(H,18,24)/t6-,8-,9-,13-/m1/s1. The molecule has 2 aromatic rings. The number of aliphatic hydroxyl groups excluding tert-OH is 3. The van der Waals surface area contributed by atoms with Gasteiger partial charge in [0.15, 0.2) is 17.4 Å². The van der Waals surface area contributed by atoms with Crippen LogP contribution in [0, 0.1) is 0 Å². The summed E-state index contributed by atoms with van der Waals surface area (Å²) in [6, 6.07) is 0. The van der Waals surface area contributed by atoms with Crippen LogP contribution in [0.5, 0.6) is 0 Å². The number of nitrogen functional groups attached to an aromatic ring is 1. The van der Waals surface area contributed by atoms with Crippen LogP contribution in [0.15, 0.2) is 23.3 Å². The summed E-state index contributed by atoms with van der Waals surface area (Å²) in [7, 11) is 0. The molecule has 1 amide bonds. The van der Waals surface area contributed by atoms with Gasteiger partial charge in [-0.05, 0) is 6.92 Å². The topological polar surface area (TPSA) is 178 Å². The predicted molar refractivity (Wildman–Crippen MR) is 88.4 cm³/mol. The summed E-state index contributed by atoms with van der Waals surface area (Å²) in [4.78, 5) is 32.2. The minimum absolute atomic E-state index is 0.0110. The number of hydrogen-bond donors (Lipinski definition) is 5. The number of hydrogen-bond acceptors (Lipinski definition) is 9. The summed E-state index contributed by atoms with van der Waals surface area (Å²) in [6.07, 6.45) is -3.64. The number of aromatic nitrogens is 4. The van der Waals surface area contributed by atoms with Gasteiger partial charge in [0.1, 0.15) is 18.3 Å². The Hall–Kier alpha value is -2.80. The molecule has 6 N–H and O–H groups in total. The van der Waals surface area contributed by atoms with E-state index in [9.17, 15) is 24.9 Å². The lowest BCUT2D eigenvalue weighted by atomic mass is 10.1. The minimum Gasteiger partial charge on any atom is -0.394 e. The summed E-state index contributed by atoms with van der Waals surface area (Å²) in [5.74, 6) is -0.951. The molecule has 3 heterocycles. The van der Waals surface area contributed by atoms with Crippen molar-refractivity contribution >= 4 is 23.0 Å². The van der Waals surface area contributed by atoms with Crippen LogP contribution in [0.2, 0.25) is 0 Å². The van der Waals surface area contributed by atoms with Crippen molar-refractivity contribution < 1.29 is 24.9 Å². The molecule has 26 heavy (non-hydrogen) atoms. The molecule has 0 aliphatic carbocycles. The molecule has 1 aliphatic heterocycles. The lowest BCUT2D eigenvalue weighted by molar-refractivity contribution is -0.113. The summed E-state index contributed by atoms with van der Waals surface area (Å²) in [5.41, 5.74) is 7.27.